The molecule has 2 atom stereocenters. The zero-order chi connectivity index (χ0) is 30.8. The lowest BCUT2D eigenvalue weighted by Crippen LogP contribution is -2.26. The maximum absolute atomic E-state index is 11.6. The second-order valence-corrected chi connectivity index (χ2v) is 14.7. The molecule has 0 bridgehead atoms. The Bertz CT molecular complexity index is 553. The fourth-order valence-corrected chi connectivity index (χ4v) is 5.97. The second-order valence-electron chi connectivity index (χ2n) is 12.9. The van der Waals surface area contributed by atoms with E-state index < -0.39 is 7.60 Å². The van der Waals surface area contributed by atoms with Gasteiger partial charge in [0.15, 0.2) is 0 Å². The van der Waals surface area contributed by atoms with E-state index in [-0.39, 0.29) is 12.7 Å². The van der Waals surface area contributed by atoms with Crippen molar-refractivity contribution in [3.8, 4) is 0 Å². The van der Waals surface area contributed by atoms with Crippen LogP contribution in [0.5, 0.6) is 0 Å². The minimum atomic E-state index is -3.51. The first-order valence-electron chi connectivity index (χ1n) is 18.6. The Balaban J connectivity index is 3.65. The summed E-state index contributed by atoms with van der Waals surface area (Å²) >= 11 is 0. The first-order valence-corrected chi connectivity index (χ1v) is 20.7. The quantitative estimate of drug-likeness (QED) is 0.0559. The van der Waals surface area contributed by atoms with Crippen LogP contribution in [0.15, 0.2) is 0 Å². The molecule has 0 spiro atoms. The van der Waals surface area contributed by atoms with E-state index in [0.29, 0.717) is 13.2 Å². The molecule has 0 rings (SSSR count). The lowest BCUT2D eigenvalue weighted by atomic mass is 10.0. The zero-order valence-electron chi connectivity index (χ0n) is 28.7. The molecule has 0 aromatic carbocycles. The molecule has 1 N–H and O–H groups in total. The average molecular weight is 619 g/mol. The standard InChI is InChI=1S/C36H75O5P/c1-4-6-8-10-12-14-16-18-20-22-24-26-28-30-32-39-34-36(35-41-42(3,37)38)40-33-31-29-27-25-23-21-19-17-15-13-11-9-7-5-2/h36H,4-35H2,1-3H3,(H,37,38). The van der Waals surface area contributed by atoms with Crippen LogP contribution < -0.4 is 0 Å². The first-order chi connectivity index (χ1) is 20.5. The molecular weight excluding hydrogens is 543 g/mol. The van der Waals surface area contributed by atoms with Gasteiger partial charge in [-0.15, -0.1) is 0 Å². The molecule has 0 amide bonds. The van der Waals surface area contributed by atoms with Gasteiger partial charge in [-0.25, -0.2) is 0 Å². The molecule has 0 aliphatic heterocycles. The van der Waals surface area contributed by atoms with Gasteiger partial charge in [-0.05, 0) is 12.8 Å². The van der Waals surface area contributed by atoms with Crippen molar-refractivity contribution >= 4 is 7.60 Å². The molecule has 0 radical (unpaired) electrons. The largest absolute Gasteiger partial charge is 0.379 e. The minimum absolute atomic E-state index is 0.113. The second kappa shape index (κ2) is 34.0. The first kappa shape index (κ1) is 42.1. The van der Waals surface area contributed by atoms with E-state index in [1.165, 1.54) is 174 Å². The molecule has 0 aliphatic rings. The maximum Gasteiger partial charge on any atom is 0.325 e. The third kappa shape index (κ3) is 36.3. The van der Waals surface area contributed by atoms with Gasteiger partial charge in [0.05, 0.1) is 13.2 Å². The number of hydrogen-bond donors (Lipinski definition) is 1. The van der Waals surface area contributed by atoms with E-state index in [1.807, 2.05) is 0 Å². The van der Waals surface area contributed by atoms with E-state index >= 15 is 0 Å². The van der Waals surface area contributed by atoms with Crippen LogP contribution in [0.1, 0.15) is 194 Å². The summed E-state index contributed by atoms with van der Waals surface area (Å²) in [6.07, 6.45) is 37.3. The maximum atomic E-state index is 11.6. The van der Waals surface area contributed by atoms with Gasteiger partial charge in [0, 0.05) is 19.9 Å². The van der Waals surface area contributed by atoms with Crippen molar-refractivity contribution in [2.24, 2.45) is 0 Å². The topological polar surface area (TPSA) is 65.0 Å². The molecule has 0 aromatic heterocycles. The van der Waals surface area contributed by atoms with Crippen LogP contribution in [0.4, 0.5) is 0 Å². The Morgan fingerprint density at radius 2 is 0.786 bits per heavy atom. The van der Waals surface area contributed by atoms with Crippen LogP contribution in [-0.2, 0) is 18.6 Å². The van der Waals surface area contributed by atoms with Gasteiger partial charge in [0.2, 0.25) is 0 Å². The highest BCUT2D eigenvalue weighted by atomic mass is 31.2. The van der Waals surface area contributed by atoms with Gasteiger partial charge in [-0.3, -0.25) is 4.57 Å². The molecule has 0 fully saturated rings. The fraction of sp³-hybridized carbons (Fsp3) is 1.00. The van der Waals surface area contributed by atoms with Crippen molar-refractivity contribution in [2.75, 3.05) is 33.1 Å². The smallest absolute Gasteiger partial charge is 0.325 e. The Morgan fingerprint density at radius 3 is 1.12 bits per heavy atom. The van der Waals surface area contributed by atoms with Gasteiger partial charge in [-0.2, -0.15) is 0 Å². The Labute approximate surface area is 263 Å². The van der Waals surface area contributed by atoms with Gasteiger partial charge in [0.25, 0.3) is 0 Å². The third-order valence-corrected chi connectivity index (χ3v) is 8.93. The summed E-state index contributed by atoms with van der Waals surface area (Å²) in [5, 5.41) is 0. The van der Waals surface area contributed by atoms with Gasteiger partial charge >= 0.3 is 7.60 Å². The van der Waals surface area contributed by atoms with E-state index in [1.54, 1.807) is 0 Å². The predicted molar refractivity (Wildman–Crippen MR) is 183 cm³/mol. The molecule has 0 heterocycles. The van der Waals surface area contributed by atoms with E-state index in [4.69, 9.17) is 14.0 Å². The molecule has 0 aromatic rings. The van der Waals surface area contributed by atoms with Gasteiger partial charge in [-0.1, -0.05) is 181 Å². The summed E-state index contributed by atoms with van der Waals surface area (Å²) in [5.41, 5.74) is 0. The van der Waals surface area contributed by atoms with Crippen molar-refractivity contribution < 1.29 is 23.5 Å². The summed E-state index contributed by atoms with van der Waals surface area (Å²) < 4.78 is 28.6. The van der Waals surface area contributed by atoms with Crippen LogP contribution in [0.3, 0.4) is 0 Å². The number of ether oxygens (including phenoxy) is 2. The number of rotatable bonds is 36. The molecule has 2 unspecified atom stereocenters. The van der Waals surface area contributed by atoms with Crippen LogP contribution >= 0.6 is 7.60 Å². The van der Waals surface area contributed by atoms with Crippen molar-refractivity contribution in [1.29, 1.82) is 0 Å². The van der Waals surface area contributed by atoms with Gasteiger partial charge < -0.3 is 18.9 Å². The van der Waals surface area contributed by atoms with Crippen molar-refractivity contribution in [2.45, 2.75) is 200 Å². The number of hydrogen-bond acceptors (Lipinski definition) is 4. The Hall–Kier alpha value is 0.0700. The zero-order valence-corrected chi connectivity index (χ0v) is 29.6. The van der Waals surface area contributed by atoms with Crippen LogP contribution in [0.2, 0.25) is 0 Å². The summed E-state index contributed by atoms with van der Waals surface area (Å²) in [6.45, 7) is 7.71. The summed E-state index contributed by atoms with van der Waals surface area (Å²) in [6, 6.07) is 0. The highest BCUT2D eigenvalue weighted by molar-refractivity contribution is 7.51. The molecule has 0 saturated heterocycles. The van der Waals surface area contributed by atoms with Gasteiger partial charge in [0.1, 0.15) is 6.10 Å². The predicted octanol–water partition coefficient (Wildman–Crippen LogP) is 12.2. The van der Waals surface area contributed by atoms with Crippen molar-refractivity contribution in [3.63, 3.8) is 0 Å². The summed E-state index contributed by atoms with van der Waals surface area (Å²) in [7, 11) is -3.51. The highest BCUT2D eigenvalue weighted by Crippen LogP contribution is 2.36. The Kier molecular flexibility index (Phi) is 34.0. The van der Waals surface area contributed by atoms with E-state index in [9.17, 15) is 9.46 Å². The van der Waals surface area contributed by atoms with Crippen LogP contribution in [0, 0.1) is 0 Å². The molecular formula is C36H75O5P. The molecule has 254 valence electrons. The van der Waals surface area contributed by atoms with E-state index in [0.717, 1.165) is 19.4 Å². The molecule has 6 heteroatoms. The Morgan fingerprint density at radius 1 is 0.476 bits per heavy atom. The minimum Gasteiger partial charge on any atom is -0.379 e. The van der Waals surface area contributed by atoms with E-state index in [2.05, 4.69) is 13.8 Å². The number of unbranched alkanes of at least 4 members (excludes halogenated alkanes) is 26. The van der Waals surface area contributed by atoms with Crippen LogP contribution in [0.25, 0.3) is 0 Å². The van der Waals surface area contributed by atoms with Crippen molar-refractivity contribution in [1.82, 2.24) is 0 Å². The highest BCUT2D eigenvalue weighted by Gasteiger charge is 2.16. The lowest BCUT2D eigenvalue weighted by molar-refractivity contribution is -0.0401. The molecule has 42 heavy (non-hydrogen) atoms. The fourth-order valence-electron chi connectivity index (χ4n) is 5.53. The normalized spacial score (nSPS) is 13.9. The SMILES string of the molecule is CCCCCCCCCCCCCCCCOCC(COP(C)(=O)O)OCCCCCCCCCCCCCCCC. The monoisotopic (exact) mass is 619 g/mol. The third-order valence-electron chi connectivity index (χ3n) is 8.30. The van der Waals surface area contributed by atoms with Crippen LogP contribution in [-0.4, -0.2) is 44.1 Å². The molecule has 0 saturated carbocycles. The lowest BCUT2D eigenvalue weighted by Gasteiger charge is -2.19. The molecule has 0 aliphatic carbocycles. The van der Waals surface area contributed by atoms with Crippen molar-refractivity contribution in [3.05, 3.63) is 0 Å². The average Bonchev–Trinajstić information content (AvgIpc) is 2.96. The summed E-state index contributed by atoms with van der Waals surface area (Å²) in [5.74, 6) is 0. The summed E-state index contributed by atoms with van der Waals surface area (Å²) in [4.78, 5) is 9.52. The molecule has 5 nitrogen and oxygen atoms in total.